The minimum atomic E-state index is -1.02. The summed E-state index contributed by atoms with van der Waals surface area (Å²) in [7, 11) is 1.71. The first-order valence-corrected chi connectivity index (χ1v) is 7.08. The van der Waals surface area contributed by atoms with Crippen molar-refractivity contribution in [2.24, 2.45) is 7.05 Å². The lowest BCUT2D eigenvalue weighted by Crippen LogP contribution is -2.16. The highest BCUT2D eigenvalue weighted by Crippen LogP contribution is 2.24. The molecule has 0 radical (unpaired) electrons. The largest absolute Gasteiger partial charge is 0.478 e. The maximum atomic E-state index is 12.2. The molecular weight excluding hydrogens is 338 g/mol. The number of carbonyl (C=O) groups is 2. The second-order valence-corrected chi connectivity index (χ2v) is 5.31. The number of aromatic nitrogens is 2. The van der Waals surface area contributed by atoms with E-state index in [2.05, 4.69) is 26.3 Å². The Kier molecular flexibility index (Phi) is 4.42. The molecule has 0 atom stereocenters. The van der Waals surface area contributed by atoms with Crippen molar-refractivity contribution >= 4 is 33.5 Å². The van der Waals surface area contributed by atoms with E-state index in [1.54, 1.807) is 19.2 Å². The zero-order valence-electron chi connectivity index (χ0n) is 11.6. The van der Waals surface area contributed by atoms with Crippen LogP contribution in [0.4, 0.5) is 5.69 Å². The van der Waals surface area contributed by atoms with Crippen molar-refractivity contribution in [3.63, 3.8) is 0 Å². The third-order valence-electron chi connectivity index (χ3n) is 2.99. The molecule has 7 heteroatoms. The van der Waals surface area contributed by atoms with Crippen LogP contribution in [0.2, 0.25) is 0 Å². The second-order valence-electron chi connectivity index (χ2n) is 4.45. The monoisotopic (exact) mass is 351 g/mol. The number of aryl methyl sites for hydroxylation is 2. The molecule has 1 aromatic heterocycles. The predicted molar refractivity (Wildman–Crippen MR) is 81.6 cm³/mol. The second kappa shape index (κ2) is 6.09. The molecule has 1 amide bonds. The van der Waals surface area contributed by atoms with Gasteiger partial charge in [-0.2, -0.15) is 5.10 Å². The van der Waals surface area contributed by atoms with Crippen molar-refractivity contribution in [3.05, 3.63) is 45.7 Å². The van der Waals surface area contributed by atoms with Crippen molar-refractivity contribution in [2.45, 2.75) is 13.3 Å². The van der Waals surface area contributed by atoms with Gasteiger partial charge in [-0.3, -0.25) is 9.48 Å². The highest BCUT2D eigenvalue weighted by Gasteiger charge is 2.15. The van der Waals surface area contributed by atoms with Gasteiger partial charge in [0.15, 0.2) is 0 Å². The molecular formula is C14H14BrN3O3. The number of anilines is 1. The van der Waals surface area contributed by atoms with Crippen molar-refractivity contribution in [3.8, 4) is 0 Å². The van der Waals surface area contributed by atoms with Crippen LogP contribution in [0.1, 0.15) is 33.5 Å². The molecule has 6 nitrogen and oxygen atoms in total. The number of nitrogens with one attached hydrogen (secondary N) is 1. The molecule has 0 saturated heterocycles. The van der Waals surface area contributed by atoms with Gasteiger partial charge in [-0.25, -0.2) is 4.79 Å². The highest BCUT2D eigenvalue weighted by molar-refractivity contribution is 9.10. The smallest absolute Gasteiger partial charge is 0.335 e. The molecule has 0 fully saturated rings. The van der Waals surface area contributed by atoms with Gasteiger partial charge in [0.2, 0.25) is 0 Å². The van der Waals surface area contributed by atoms with Crippen molar-refractivity contribution in [1.82, 2.24) is 9.78 Å². The lowest BCUT2D eigenvalue weighted by Gasteiger charge is -2.08. The average Bonchev–Trinajstić information content (AvgIpc) is 2.82. The Balaban J connectivity index is 2.23. The summed E-state index contributed by atoms with van der Waals surface area (Å²) in [6.07, 6.45) is 0.748. The van der Waals surface area contributed by atoms with Gasteiger partial charge in [-0.05, 0) is 46.6 Å². The van der Waals surface area contributed by atoms with E-state index in [4.69, 9.17) is 5.11 Å². The van der Waals surface area contributed by atoms with Gasteiger partial charge >= 0.3 is 5.97 Å². The van der Waals surface area contributed by atoms with Crippen LogP contribution in [0.25, 0.3) is 0 Å². The normalized spacial score (nSPS) is 10.4. The number of carbonyl (C=O) groups excluding carboxylic acids is 1. The van der Waals surface area contributed by atoms with Gasteiger partial charge in [0.05, 0.1) is 16.9 Å². The minimum Gasteiger partial charge on any atom is -0.478 e. The molecule has 1 heterocycles. The van der Waals surface area contributed by atoms with Crippen LogP contribution in [0, 0.1) is 0 Å². The van der Waals surface area contributed by atoms with Crippen molar-refractivity contribution in [2.75, 3.05) is 5.32 Å². The SMILES string of the molecule is CCc1cc(C(=O)Nc2ccc(C(=O)O)cc2Br)n(C)n1. The number of rotatable bonds is 4. The molecule has 0 spiro atoms. The van der Waals surface area contributed by atoms with Crippen LogP contribution < -0.4 is 5.32 Å². The lowest BCUT2D eigenvalue weighted by atomic mass is 10.2. The van der Waals surface area contributed by atoms with E-state index in [1.165, 1.54) is 16.8 Å². The Morgan fingerprint density at radius 1 is 1.38 bits per heavy atom. The van der Waals surface area contributed by atoms with E-state index >= 15 is 0 Å². The fourth-order valence-corrected chi connectivity index (χ4v) is 2.33. The highest BCUT2D eigenvalue weighted by atomic mass is 79.9. The molecule has 110 valence electrons. The molecule has 0 aliphatic heterocycles. The quantitative estimate of drug-likeness (QED) is 0.886. The van der Waals surface area contributed by atoms with Gasteiger partial charge in [-0.1, -0.05) is 6.92 Å². The number of carboxylic acid groups (broad SMARTS) is 1. The summed E-state index contributed by atoms with van der Waals surface area (Å²) in [5.41, 5.74) is 1.93. The summed E-state index contributed by atoms with van der Waals surface area (Å²) in [4.78, 5) is 23.1. The predicted octanol–water partition coefficient (Wildman–Crippen LogP) is 2.70. The first-order chi connectivity index (χ1) is 9.92. The zero-order chi connectivity index (χ0) is 15.6. The Hall–Kier alpha value is -2.15. The third kappa shape index (κ3) is 3.30. The first-order valence-electron chi connectivity index (χ1n) is 6.29. The molecule has 1 aromatic carbocycles. The van der Waals surface area contributed by atoms with Crippen LogP contribution in [0.5, 0.6) is 0 Å². The fourth-order valence-electron chi connectivity index (χ4n) is 1.85. The van der Waals surface area contributed by atoms with E-state index in [0.29, 0.717) is 15.9 Å². The molecule has 0 saturated carbocycles. The number of benzene rings is 1. The number of aromatic carboxylic acids is 1. The molecule has 2 aromatic rings. The van der Waals surface area contributed by atoms with E-state index < -0.39 is 5.97 Å². The maximum absolute atomic E-state index is 12.2. The average molecular weight is 352 g/mol. The molecule has 21 heavy (non-hydrogen) atoms. The molecule has 2 rings (SSSR count). The van der Waals surface area contributed by atoms with Crippen LogP contribution in [-0.4, -0.2) is 26.8 Å². The minimum absolute atomic E-state index is 0.147. The Bertz CT molecular complexity index is 709. The van der Waals surface area contributed by atoms with Crippen molar-refractivity contribution in [1.29, 1.82) is 0 Å². The third-order valence-corrected chi connectivity index (χ3v) is 3.65. The summed E-state index contributed by atoms with van der Waals surface area (Å²) >= 11 is 3.25. The molecule has 2 N–H and O–H groups in total. The lowest BCUT2D eigenvalue weighted by molar-refractivity contribution is 0.0696. The Morgan fingerprint density at radius 3 is 2.62 bits per heavy atom. The van der Waals surface area contributed by atoms with E-state index in [9.17, 15) is 9.59 Å². The Morgan fingerprint density at radius 2 is 2.10 bits per heavy atom. The Labute approximate surface area is 129 Å². The summed E-state index contributed by atoms with van der Waals surface area (Å²) in [5, 5.41) is 15.9. The van der Waals surface area contributed by atoms with Crippen LogP contribution in [-0.2, 0) is 13.5 Å². The van der Waals surface area contributed by atoms with Crippen molar-refractivity contribution < 1.29 is 14.7 Å². The van der Waals surface area contributed by atoms with Gasteiger partial charge < -0.3 is 10.4 Å². The summed E-state index contributed by atoms with van der Waals surface area (Å²) in [6.45, 7) is 1.96. The van der Waals surface area contributed by atoms with Gasteiger partial charge in [-0.15, -0.1) is 0 Å². The number of hydrogen-bond donors (Lipinski definition) is 2. The molecule has 0 bridgehead atoms. The van der Waals surface area contributed by atoms with E-state index in [-0.39, 0.29) is 11.5 Å². The molecule has 0 unspecified atom stereocenters. The first kappa shape index (κ1) is 15.2. The number of amides is 1. The summed E-state index contributed by atoms with van der Waals surface area (Å²) in [6, 6.07) is 6.15. The van der Waals surface area contributed by atoms with Crippen LogP contribution in [0.15, 0.2) is 28.7 Å². The number of nitrogens with zero attached hydrogens (tertiary/aromatic N) is 2. The molecule has 0 aliphatic carbocycles. The van der Waals surface area contributed by atoms with E-state index in [0.717, 1.165) is 12.1 Å². The summed E-state index contributed by atoms with van der Waals surface area (Å²) in [5.74, 6) is -1.32. The number of hydrogen-bond acceptors (Lipinski definition) is 3. The van der Waals surface area contributed by atoms with E-state index in [1.807, 2.05) is 6.92 Å². The van der Waals surface area contributed by atoms with Gasteiger partial charge in [0, 0.05) is 11.5 Å². The number of halogens is 1. The fraction of sp³-hybridized carbons (Fsp3) is 0.214. The summed E-state index contributed by atoms with van der Waals surface area (Å²) < 4.78 is 2.03. The maximum Gasteiger partial charge on any atom is 0.335 e. The van der Waals surface area contributed by atoms with Crippen LogP contribution in [0.3, 0.4) is 0 Å². The van der Waals surface area contributed by atoms with Gasteiger partial charge in [0.25, 0.3) is 5.91 Å². The molecule has 0 aliphatic rings. The zero-order valence-corrected chi connectivity index (χ0v) is 13.1. The topological polar surface area (TPSA) is 84.2 Å². The number of carboxylic acids is 1. The standard InChI is InChI=1S/C14H14BrN3O3/c1-3-9-7-12(18(2)17-9)13(19)16-11-5-4-8(14(20)21)6-10(11)15/h4-7H,3H2,1-2H3,(H,16,19)(H,20,21). The van der Waals surface area contributed by atoms with Gasteiger partial charge in [0.1, 0.15) is 5.69 Å². The van der Waals surface area contributed by atoms with Crippen LogP contribution >= 0.6 is 15.9 Å².